The van der Waals surface area contributed by atoms with E-state index in [1.165, 1.54) is 23.6 Å². The number of aromatic nitrogens is 3. The number of aromatic amines is 1. The Balaban J connectivity index is 1.44. The largest absolute Gasteiger partial charge is 0.493 e. The van der Waals surface area contributed by atoms with E-state index in [1.54, 1.807) is 0 Å². The molecular weight excluding hydrogens is 521 g/mol. The Morgan fingerprint density at radius 1 is 1.12 bits per heavy atom. The predicted octanol–water partition coefficient (Wildman–Crippen LogP) is 6.72. The molecule has 2 aliphatic rings. The molecule has 0 fully saturated rings. The van der Waals surface area contributed by atoms with Gasteiger partial charge in [-0.2, -0.15) is 5.10 Å². The van der Waals surface area contributed by atoms with Gasteiger partial charge in [-0.15, -0.1) is 0 Å². The maximum Gasteiger partial charge on any atom is 0.355 e. The number of carbonyl (C=O) groups is 1. The van der Waals surface area contributed by atoms with Gasteiger partial charge in [0.25, 0.3) is 0 Å². The van der Waals surface area contributed by atoms with Gasteiger partial charge in [-0.05, 0) is 93.2 Å². The summed E-state index contributed by atoms with van der Waals surface area (Å²) >= 11 is 0. The van der Waals surface area contributed by atoms with E-state index in [9.17, 15) is 4.79 Å². The van der Waals surface area contributed by atoms with Crippen molar-refractivity contribution in [3.63, 3.8) is 0 Å². The van der Waals surface area contributed by atoms with E-state index in [0.717, 1.165) is 64.9 Å². The number of H-pyrrole nitrogens is 1. The highest BCUT2D eigenvalue weighted by Gasteiger charge is 2.29. The Hall–Kier alpha value is -3.65. The molecule has 41 heavy (non-hydrogen) atoms. The summed E-state index contributed by atoms with van der Waals surface area (Å²) in [6.07, 6.45) is 6.91. The topological polar surface area (TPSA) is 78.4 Å². The number of hydrogen-bond acceptors (Lipinski definition) is 5. The number of esters is 1. The SMILES string of the molecule is CCOC(=O)c1c(CCCOc2cccc3c2CCC3)c2ccc(F)c3c2n1CCCCOCc1[nH]nc(CC)c1-3. The Morgan fingerprint density at radius 2 is 2.02 bits per heavy atom. The molecule has 0 saturated carbocycles. The molecule has 1 aliphatic carbocycles. The molecule has 2 aromatic heterocycles. The van der Waals surface area contributed by atoms with Gasteiger partial charge in [-0.3, -0.25) is 5.10 Å². The summed E-state index contributed by atoms with van der Waals surface area (Å²) in [4.78, 5) is 13.5. The van der Waals surface area contributed by atoms with Crippen molar-refractivity contribution < 1.29 is 23.4 Å². The Bertz CT molecular complexity index is 1570. The lowest BCUT2D eigenvalue weighted by atomic mass is 9.97. The second-order valence-electron chi connectivity index (χ2n) is 10.9. The third-order valence-corrected chi connectivity index (χ3v) is 8.35. The summed E-state index contributed by atoms with van der Waals surface area (Å²) in [5.74, 6) is 0.255. The quantitative estimate of drug-likeness (QED) is 0.192. The number of fused-ring (bicyclic) bond motifs is 3. The summed E-state index contributed by atoms with van der Waals surface area (Å²) in [5.41, 5.74) is 7.58. The molecule has 0 amide bonds. The van der Waals surface area contributed by atoms with Crippen molar-refractivity contribution in [2.45, 2.75) is 78.4 Å². The smallest absolute Gasteiger partial charge is 0.355 e. The van der Waals surface area contributed by atoms with E-state index in [0.29, 0.717) is 56.9 Å². The molecule has 0 saturated heterocycles. The van der Waals surface area contributed by atoms with Crippen LogP contribution >= 0.6 is 0 Å². The molecule has 3 heterocycles. The highest BCUT2D eigenvalue weighted by molar-refractivity contribution is 6.05. The molecule has 7 nitrogen and oxygen atoms in total. The maximum atomic E-state index is 15.9. The lowest BCUT2D eigenvalue weighted by Crippen LogP contribution is -2.15. The number of hydrogen-bond donors (Lipinski definition) is 1. The number of rotatable bonds is 8. The van der Waals surface area contributed by atoms with Crippen LogP contribution in [0.2, 0.25) is 0 Å². The molecule has 2 aromatic carbocycles. The van der Waals surface area contributed by atoms with Crippen LogP contribution in [0.25, 0.3) is 22.0 Å². The van der Waals surface area contributed by atoms with E-state index >= 15 is 4.39 Å². The maximum absolute atomic E-state index is 15.9. The molecule has 0 bridgehead atoms. The summed E-state index contributed by atoms with van der Waals surface area (Å²) in [6.45, 7) is 6.09. The number of benzene rings is 2. The monoisotopic (exact) mass is 559 g/mol. The second-order valence-corrected chi connectivity index (χ2v) is 10.9. The fourth-order valence-corrected chi connectivity index (χ4v) is 6.52. The molecule has 1 aliphatic heterocycles. The van der Waals surface area contributed by atoms with Crippen LogP contribution < -0.4 is 4.74 Å². The zero-order valence-corrected chi connectivity index (χ0v) is 24.0. The molecule has 216 valence electrons. The molecule has 0 spiro atoms. The van der Waals surface area contributed by atoms with Crippen LogP contribution in [0.3, 0.4) is 0 Å². The standard InChI is InChI=1S/C33H38FN3O4/c1-3-26-30-27(36-35-26)20-39-18-6-5-17-37-31-24(15-16-25(34)29(30)31)23(32(37)33(38)40-4-2)13-9-19-41-28-14-8-11-21-10-7-12-22(21)28/h8,11,14-16H,3-7,9-10,12-13,17-20H2,1-2H3,(H,35,36). The van der Waals surface area contributed by atoms with Gasteiger partial charge in [-0.1, -0.05) is 19.1 Å². The lowest BCUT2D eigenvalue weighted by molar-refractivity contribution is 0.0512. The van der Waals surface area contributed by atoms with E-state index in [2.05, 4.69) is 28.4 Å². The first kappa shape index (κ1) is 27.5. The van der Waals surface area contributed by atoms with Crippen molar-refractivity contribution in [1.82, 2.24) is 14.8 Å². The van der Waals surface area contributed by atoms with Crippen molar-refractivity contribution in [2.75, 3.05) is 19.8 Å². The Kier molecular flexibility index (Phi) is 8.10. The van der Waals surface area contributed by atoms with E-state index in [4.69, 9.17) is 14.2 Å². The first-order chi connectivity index (χ1) is 20.1. The van der Waals surface area contributed by atoms with Crippen molar-refractivity contribution in [2.24, 2.45) is 0 Å². The summed E-state index contributed by atoms with van der Waals surface area (Å²) in [7, 11) is 0. The Morgan fingerprint density at radius 3 is 2.88 bits per heavy atom. The average Bonchev–Trinajstić information content (AvgIpc) is 3.69. The summed E-state index contributed by atoms with van der Waals surface area (Å²) < 4.78 is 35.7. The number of halogens is 1. The number of nitrogens with one attached hydrogen (secondary N) is 1. The minimum atomic E-state index is -0.374. The van der Waals surface area contributed by atoms with Crippen LogP contribution in [-0.4, -0.2) is 40.6 Å². The van der Waals surface area contributed by atoms with Gasteiger partial charge in [-0.25, -0.2) is 9.18 Å². The van der Waals surface area contributed by atoms with Crippen LogP contribution in [0.4, 0.5) is 4.39 Å². The highest BCUT2D eigenvalue weighted by Crippen LogP contribution is 2.40. The number of ether oxygens (including phenoxy) is 3. The normalized spacial score (nSPS) is 14.9. The van der Waals surface area contributed by atoms with Crippen molar-refractivity contribution in [3.05, 3.63) is 69.9 Å². The zero-order valence-electron chi connectivity index (χ0n) is 24.0. The third kappa shape index (κ3) is 5.14. The van der Waals surface area contributed by atoms with Gasteiger partial charge in [0, 0.05) is 29.7 Å². The van der Waals surface area contributed by atoms with Crippen LogP contribution in [0, 0.1) is 5.82 Å². The van der Waals surface area contributed by atoms with Crippen LogP contribution in [-0.2, 0) is 48.3 Å². The fraction of sp³-hybridized carbons (Fsp3) is 0.455. The van der Waals surface area contributed by atoms with Crippen molar-refractivity contribution >= 4 is 16.9 Å². The van der Waals surface area contributed by atoms with Gasteiger partial charge in [0.15, 0.2) is 0 Å². The lowest BCUT2D eigenvalue weighted by Gasteiger charge is -2.14. The number of carbonyl (C=O) groups excluding carboxylic acids is 1. The third-order valence-electron chi connectivity index (χ3n) is 8.35. The molecule has 1 N–H and O–H groups in total. The minimum Gasteiger partial charge on any atom is -0.493 e. The first-order valence-electron chi connectivity index (χ1n) is 15.0. The second kappa shape index (κ2) is 12.1. The average molecular weight is 560 g/mol. The van der Waals surface area contributed by atoms with Crippen molar-refractivity contribution in [3.8, 4) is 16.9 Å². The molecule has 0 unspecified atom stereocenters. The van der Waals surface area contributed by atoms with Gasteiger partial charge in [0.1, 0.15) is 17.3 Å². The number of aryl methyl sites for hydroxylation is 4. The molecule has 4 aromatic rings. The first-order valence-corrected chi connectivity index (χ1v) is 15.0. The van der Waals surface area contributed by atoms with E-state index in [1.807, 2.05) is 24.5 Å². The molecule has 6 rings (SSSR count). The molecule has 8 heteroatoms. The molecule has 0 radical (unpaired) electrons. The molecular formula is C33H38FN3O4. The predicted molar refractivity (Wildman–Crippen MR) is 156 cm³/mol. The summed E-state index contributed by atoms with van der Waals surface area (Å²) in [6, 6.07) is 9.64. The zero-order chi connectivity index (χ0) is 28.3. The number of nitrogens with zero attached hydrogens (tertiary/aromatic N) is 2. The van der Waals surface area contributed by atoms with Gasteiger partial charge < -0.3 is 18.8 Å². The van der Waals surface area contributed by atoms with Gasteiger partial charge in [0.05, 0.1) is 36.7 Å². The van der Waals surface area contributed by atoms with Gasteiger partial charge in [0.2, 0.25) is 0 Å². The fourth-order valence-electron chi connectivity index (χ4n) is 6.52. The van der Waals surface area contributed by atoms with Crippen LogP contribution in [0.1, 0.15) is 78.1 Å². The highest BCUT2D eigenvalue weighted by atomic mass is 19.1. The van der Waals surface area contributed by atoms with Crippen molar-refractivity contribution in [1.29, 1.82) is 0 Å². The van der Waals surface area contributed by atoms with Gasteiger partial charge >= 0.3 is 5.97 Å². The Labute approximate surface area is 240 Å². The van der Waals surface area contributed by atoms with Crippen LogP contribution in [0.5, 0.6) is 5.75 Å². The molecule has 0 atom stereocenters. The van der Waals surface area contributed by atoms with Crippen LogP contribution in [0.15, 0.2) is 30.3 Å². The van der Waals surface area contributed by atoms with E-state index < -0.39 is 0 Å². The summed E-state index contributed by atoms with van der Waals surface area (Å²) in [5, 5.41) is 8.47. The van der Waals surface area contributed by atoms with E-state index in [-0.39, 0.29) is 18.4 Å². The minimum absolute atomic E-state index is 0.267.